The molecule has 0 saturated heterocycles. The van der Waals surface area contributed by atoms with Crippen molar-refractivity contribution in [3.63, 3.8) is 0 Å². The van der Waals surface area contributed by atoms with Crippen molar-refractivity contribution in [2.24, 2.45) is 0 Å². The van der Waals surface area contributed by atoms with Crippen LogP contribution in [-0.4, -0.2) is 115 Å². The average Bonchev–Trinajstić information content (AvgIpc) is 0.788. The minimum absolute atomic E-state index is 0.0423. The minimum Gasteiger partial charge on any atom is -0.342 e. The molecule has 0 aliphatic rings. The SMILES string of the molecule is C#Cc1cccc(C(=O)Nc2cc(N(C)c3cncnc3)ccc2F)c1.C#Cc1cccc(C(=O)Nc2cccc(N(C)c3cncnc3)c2)c1.Cc1cccc(C(=O)Nc2cc(F)c(F)c(N(C)c3cncnc3)c2)c1.Cc1cccc(C(=O)Nc2cccc(N(C)c3cncnc3)c2)c1.[2H]C([2H])([2H])N(c1cncnc1)c1cc(NC(=O)c2cccc(C#C)c2)ccc1Cl. The summed E-state index contributed by atoms with van der Waals surface area (Å²) in [5.74, 6) is 3.28. The Balaban J connectivity index is 0.000000157. The molecule has 29 heteroatoms. The number of amides is 5. The number of halogens is 4. The van der Waals surface area contributed by atoms with Crippen LogP contribution in [0.2, 0.25) is 5.02 Å². The van der Waals surface area contributed by atoms with Crippen molar-refractivity contribution in [1.82, 2.24) is 49.8 Å². The third kappa shape index (κ3) is 25.4. The molecule has 0 radical (unpaired) electrons. The maximum absolute atomic E-state index is 14.3. The number of nitrogens with one attached hydrogen (secondary N) is 5. The highest BCUT2D eigenvalue weighted by molar-refractivity contribution is 6.33. The smallest absolute Gasteiger partial charge is 0.255 e. The summed E-state index contributed by atoms with van der Waals surface area (Å²) in [7, 11) is 7.20. The van der Waals surface area contributed by atoms with Crippen LogP contribution in [0.3, 0.4) is 0 Å². The van der Waals surface area contributed by atoms with E-state index in [1.807, 2.05) is 111 Å². The third-order valence-electron chi connectivity index (χ3n) is 18.6. The molecule has 0 bridgehead atoms. The van der Waals surface area contributed by atoms with E-state index in [0.717, 1.165) is 56.2 Å². The fourth-order valence-electron chi connectivity index (χ4n) is 11.9. The number of terminal acetylenes is 3. The predicted molar refractivity (Wildman–Crippen MR) is 493 cm³/mol. The molecule has 0 atom stereocenters. The molecule has 5 heterocycles. The fourth-order valence-corrected chi connectivity index (χ4v) is 12.1. The molecular weight excluding hydrogens is 1630 g/mol. The van der Waals surface area contributed by atoms with Gasteiger partial charge in [0.25, 0.3) is 29.5 Å². The molecule has 0 spiro atoms. The number of hydrogen-bond donors (Lipinski definition) is 5. The van der Waals surface area contributed by atoms with Crippen molar-refractivity contribution in [1.29, 1.82) is 0 Å². The normalized spacial score (nSPS) is 10.6. The van der Waals surface area contributed by atoms with Gasteiger partial charge < -0.3 is 51.1 Å². The standard InChI is InChI=1S/C20H15ClN4O.C20H15FN4O.C20H16N4O.C19H16F2N4O.C19H18N4O/c1-3-14-5-4-6-15(9-14)20(26)24-16-7-8-18(21)19(10-16)25(2)17-11-22-13-23-12-17;1-3-14-5-4-6-15(9-14)20(26)24-19-10-16(7-8-18(19)21)25(2)17-11-22-13-23-12-17;1-3-15-6-4-7-16(10-15)20(25)23-17-8-5-9-18(11-17)24(2)19-12-21-14-22-13-19;1-12-4-3-5-13(6-12)19(26)24-14-7-16(20)18(21)17(8-14)25(2)15-9-22-11-23-10-15;1-14-5-3-6-15(9-14)19(24)22-16-7-4-8-17(10-16)23(2)18-11-20-13-21-12-18/h2*1,4-13H,2H3,(H,24,26);1,4-14H,2H3,(H,23,25);3-11H,1-2H3,(H,24,26);3-13H,1-2H3,(H,22,24)/i2D3;;;;. The molecule has 5 aromatic heterocycles. The van der Waals surface area contributed by atoms with Gasteiger partial charge in [0.15, 0.2) is 11.6 Å². The Bertz CT molecular complexity index is 6650. The van der Waals surface area contributed by atoms with Crippen LogP contribution in [0.15, 0.2) is 312 Å². The van der Waals surface area contributed by atoms with Crippen LogP contribution in [0.25, 0.3) is 0 Å². The number of anilines is 15. The highest BCUT2D eigenvalue weighted by Gasteiger charge is 2.21. The number of carbonyl (C=O) groups excluding carboxylic acids is 5. The molecular formula is C98H80ClF3N20O5. The van der Waals surface area contributed by atoms with Crippen molar-refractivity contribution in [2.75, 3.05) is 86.3 Å². The van der Waals surface area contributed by atoms with Crippen molar-refractivity contribution >= 4 is 126 Å². The Morgan fingerprint density at radius 2 is 0.646 bits per heavy atom. The lowest BCUT2D eigenvalue weighted by Crippen LogP contribution is -2.16. The van der Waals surface area contributed by atoms with Crippen molar-refractivity contribution in [2.45, 2.75) is 13.8 Å². The summed E-state index contributed by atoms with van der Waals surface area (Å²) in [6.07, 6.45) is 39.0. The molecule has 10 aromatic carbocycles. The van der Waals surface area contributed by atoms with E-state index >= 15 is 0 Å². The third-order valence-corrected chi connectivity index (χ3v) is 18.9. The van der Waals surface area contributed by atoms with Crippen LogP contribution < -0.4 is 51.1 Å². The zero-order valence-corrected chi connectivity index (χ0v) is 69.7. The van der Waals surface area contributed by atoms with Crippen LogP contribution >= 0.6 is 11.6 Å². The van der Waals surface area contributed by atoms with Crippen molar-refractivity contribution < 1.29 is 41.3 Å². The van der Waals surface area contributed by atoms with E-state index in [2.05, 4.69) is 94.2 Å². The zero-order valence-electron chi connectivity index (χ0n) is 71.9. The molecule has 0 saturated carbocycles. The number of aryl methyl sites for hydroxylation is 2. The molecule has 0 unspecified atom stereocenters. The first-order valence-electron chi connectivity index (χ1n) is 39.8. The summed E-state index contributed by atoms with van der Waals surface area (Å²) in [6.45, 7) is 1.27. The zero-order chi connectivity index (χ0) is 92.8. The van der Waals surface area contributed by atoms with E-state index in [-0.39, 0.29) is 51.2 Å². The second-order valence-corrected chi connectivity index (χ2v) is 27.9. The Hall–Kier alpha value is -17.3. The number of hydrogen-bond acceptors (Lipinski definition) is 20. The Labute approximate surface area is 740 Å². The maximum Gasteiger partial charge on any atom is 0.255 e. The van der Waals surface area contributed by atoms with Gasteiger partial charge in [0, 0.05) is 130 Å². The molecule has 15 aromatic rings. The summed E-state index contributed by atoms with van der Waals surface area (Å²) in [6, 6.07) is 61.2. The lowest BCUT2D eigenvalue weighted by molar-refractivity contribution is 0.101. The molecule has 0 aliphatic heterocycles. The van der Waals surface area contributed by atoms with E-state index in [1.54, 1.807) is 171 Å². The molecule has 25 nitrogen and oxygen atoms in total. The van der Waals surface area contributed by atoms with Crippen LogP contribution in [0.1, 0.15) is 83.7 Å². The molecule has 0 aliphatic carbocycles. The summed E-state index contributed by atoms with van der Waals surface area (Å²) in [5.41, 5.74) is 14.0. The summed E-state index contributed by atoms with van der Waals surface area (Å²) in [4.78, 5) is 110. The van der Waals surface area contributed by atoms with Gasteiger partial charge in [-0.25, -0.2) is 63.0 Å². The molecule has 127 heavy (non-hydrogen) atoms. The van der Waals surface area contributed by atoms with Gasteiger partial charge in [-0.1, -0.05) is 95.1 Å². The van der Waals surface area contributed by atoms with Gasteiger partial charge >= 0.3 is 0 Å². The summed E-state index contributed by atoms with van der Waals surface area (Å²) < 4.78 is 66.1. The van der Waals surface area contributed by atoms with E-state index in [1.165, 1.54) is 85.6 Å². The molecule has 630 valence electrons. The van der Waals surface area contributed by atoms with Crippen LogP contribution in [0.5, 0.6) is 0 Å². The highest BCUT2D eigenvalue weighted by Crippen LogP contribution is 2.35. The lowest BCUT2D eigenvalue weighted by Gasteiger charge is -2.20. The highest BCUT2D eigenvalue weighted by atomic mass is 35.5. The number of rotatable bonds is 20. The van der Waals surface area contributed by atoms with Gasteiger partial charge in [-0.3, -0.25) is 24.0 Å². The number of nitrogens with zero attached hydrogens (tertiary/aromatic N) is 15. The largest absolute Gasteiger partial charge is 0.342 e. The van der Waals surface area contributed by atoms with Gasteiger partial charge in [0.05, 0.1) is 112 Å². The second-order valence-electron chi connectivity index (χ2n) is 27.5. The number of carbonyl (C=O) groups is 5. The van der Waals surface area contributed by atoms with Crippen LogP contribution in [0, 0.1) is 68.3 Å². The molecule has 15 rings (SSSR count). The molecule has 5 N–H and O–H groups in total. The minimum atomic E-state index is -2.56. The van der Waals surface area contributed by atoms with E-state index in [4.69, 9.17) is 35.0 Å². The van der Waals surface area contributed by atoms with Crippen molar-refractivity contribution in [3.05, 3.63) is 390 Å². The van der Waals surface area contributed by atoms with Gasteiger partial charge in [0.1, 0.15) is 37.5 Å². The Kier molecular flexibility index (Phi) is 30.0. The van der Waals surface area contributed by atoms with Gasteiger partial charge in [-0.15, -0.1) is 19.3 Å². The Morgan fingerprint density at radius 1 is 0.323 bits per heavy atom. The van der Waals surface area contributed by atoms with Gasteiger partial charge in [-0.05, 0) is 172 Å². The average molecular weight is 1710 g/mol. The van der Waals surface area contributed by atoms with Crippen LogP contribution in [0.4, 0.5) is 98.5 Å². The molecule has 0 fully saturated rings. The summed E-state index contributed by atoms with van der Waals surface area (Å²) >= 11 is 6.27. The predicted octanol–water partition coefficient (Wildman–Crippen LogP) is 19.1. The fraction of sp³-hybridized carbons (Fsp3) is 0.0714. The van der Waals surface area contributed by atoms with E-state index in [0.29, 0.717) is 67.3 Å². The first-order chi connectivity index (χ1) is 62.6. The summed E-state index contributed by atoms with van der Waals surface area (Å²) in [5, 5.41) is 13.9. The number of benzene rings is 10. The molecule has 5 amide bonds. The Morgan fingerprint density at radius 3 is 1.02 bits per heavy atom. The first-order valence-corrected chi connectivity index (χ1v) is 38.7. The van der Waals surface area contributed by atoms with E-state index in [9.17, 15) is 37.1 Å². The van der Waals surface area contributed by atoms with Crippen molar-refractivity contribution in [3.8, 4) is 37.0 Å². The first kappa shape index (κ1) is 86.1. The monoisotopic (exact) mass is 1710 g/mol. The second kappa shape index (κ2) is 44.3. The lowest BCUT2D eigenvalue weighted by atomic mass is 10.1. The maximum atomic E-state index is 14.3. The van der Waals surface area contributed by atoms with Gasteiger partial charge in [-0.2, -0.15) is 0 Å². The van der Waals surface area contributed by atoms with Gasteiger partial charge in [0.2, 0.25) is 0 Å². The quantitative estimate of drug-likeness (QED) is 0.0443. The topological polar surface area (TPSA) is 291 Å². The van der Waals surface area contributed by atoms with E-state index < -0.39 is 36.2 Å². The number of aromatic nitrogens is 10. The van der Waals surface area contributed by atoms with Crippen LogP contribution in [-0.2, 0) is 0 Å².